The molecule has 0 radical (unpaired) electrons. The van der Waals surface area contributed by atoms with E-state index in [0.29, 0.717) is 43.4 Å². The molecule has 0 bridgehead atoms. The van der Waals surface area contributed by atoms with Gasteiger partial charge >= 0.3 is 0 Å². The van der Waals surface area contributed by atoms with E-state index in [2.05, 4.69) is 10.6 Å². The number of β-amino-alcohol motifs (C(OH)–C–C–N with tert-alkyl or cyclic N) is 1. The lowest BCUT2D eigenvalue weighted by molar-refractivity contribution is -0.117. The van der Waals surface area contributed by atoms with Crippen LogP contribution in [-0.2, 0) is 4.79 Å². The summed E-state index contributed by atoms with van der Waals surface area (Å²) < 4.78 is 11.0. The molecule has 2 rings (SSSR count). The Bertz CT molecular complexity index is 493. The molecule has 2 atom stereocenters. The van der Waals surface area contributed by atoms with Crippen molar-refractivity contribution in [3.63, 3.8) is 0 Å². The van der Waals surface area contributed by atoms with Gasteiger partial charge in [-0.2, -0.15) is 0 Å². The predicted molar refractivity (Wildman–Crippen MR) is 79.8 cm³/mol. The monoisotopic (exact) mass is 294 g/mol. The highest BCUT2D eigenvalue weighted by molar-refractivity contribution is 5.96. The number of carbonyl (C=O) groups excluding carboxylic acids is 1. The first-order valence-electron chi connectivity index (χ1n) is 7.26. The summed E-state index contributed by atoms with van der Waals surface area (Å²) in [5, 5.41) is 15.3. The van der Waals surface area contributed by atoms with Crippen molar-refractivity contribution in [3.05, 3.63) is 18.2 Å². The molecule has 1 heterocycles. The molecule has 6 heteroatoms. The van der Waals surface area contributed by atoms with E-state index < -0.39 is 6.10 Å². The Morgan fingerprint density at radius 3 is 2.76 bits per heavy atom. The van der Waals surface area contributed by atoms with Crippen LogP contribution in [0.25, 0.3) is 0 Å². The molecular weight excluding hydrogens is 272 g/mol. The zero-order chi connectivity index (χ0) is 15.2. The first kappa shape index (κ1) is 15.6. The molecule has 1 aliphatic rings. The minimum absolute atomic E-state index is 0.179. The third-order valence-electron chi connectivity index (χ3n) is 3.24. The number of benzene rings is 1. The van der Waals surface area contributed by atoms with Gasteiger partial charge in [0.1, 0.15) is 11.5 Å². The number of ether oxygens (including phenoxy) is 2. The minimum atomic E-state index is -0.470. The van der Waals surface area contributed by atoms with Gasteiger partial charge in [-0.3, -0.25) is 4.79 Å². The van der Waals surface area contributed by atoms with Gasteiger partial charge in [0, 0.05) is 12.6 Å². The number of hydrogen-bond acceptors (Lipinski definition) is 5. The molecule has 21 heavy (non-hydrogen) atoms. The lowest BCUT2D eigenvalue weighted by Gasteiger charge is -2.15. The van der Waals surface area contributed by atoms with Crippen molar-refractivity contribution in [2.24, 2.45) is 0 Å². The molecule has 3 N–H and O–H groups in total. The number of hydrogen-bond donors (Lipinski definition) is 3. The van der Waals surface area contributed by atoms with E-state index >= 15 is 0 Å². The lowest BCUT2D eigenvalue weighted by Crippen LogP contribution is -2.35. The molecule has 6 nitrogen and oxygen atoms in total. The Morgan fingerprint density at radius 2 is 2.14 bits per heavy atom. The quantitative estimate of drug-likeness (QED) is 0.733. The fourth-order valence-corrected chi connectivity index (χ4v) is 2.28. The van der Waals surface area contributed by atoms with E-state index in [1.165, 1.54) is 0 Å². The molecule has 0 aliphatic carbocycles. The van der Waals surface area contributed by atoms with Gasteiger partial charge in [0.05, 0.1) is 31.0 Å². The van der Waals surface area contributed by atoms with Crippen molar-refractivity contribution in [1.29, 1.82) is 0 Å². The number of amides is 1. The molecule has 1 aromatic rings. The number of nitrogens with one attached hydrogen (secondary N) is 2. The average molecular weight is 294 g/mol. The maximum absolute atomic E-state index is 12.2. The summed E-state index contributed by atoms with van der Waals surface area (Å²) in [5.74, 6) is 1.10. The van der Waals surface area contributed by atoms with Crippen LogP contribution in [0.2, 0.25) is 0 Å². The van der Waals surface area contributed by atoms with Crippen LogP contribution in [0, 0.1) is 0 Å². The second-order valence-electron chi connectivity index (χ2n) is 4.86. The fourth-order valence-electron chi connectivity index (χ4n) is 2.28. The molecule has 1 saturated heterocycles. The van der Waals surface area contributed by atoms with E-state index in [1.54, 1.807) is 12.1 Å². The summed E-state index contributed by atoms with van der Waals surface area (Å²) in [6.45, 7) is 5.29. The second-order valence-corrected chi connectivity index (χ2v) is 4.86. The number of aliphatic hydroxyl groups is 1. The second kappa shape index (κ2) is 7.28. The van der Waals surface area contributed by atoms with Crippen LogP contribution in [-0.4, -0.2) is 42.9 Å². The summed E-state index contributed by atoms with van der Waals surface area (Å²) >= 11 is 0. The van der Waals surface area contributed by atoms with Gasteiger partial charge in [0.2, 0.25) is 5.91 Å². The van der Waals surface area contributed by atoms with Gasteiger partial charge in [-0.15, -0.1) is 0 Å². The molecule has 0 saturated carbocycles. The van der Waals surface area contributed by atoms with Gasteiger partial charge in [0.15, 0.2) is 0 Å². The summed E-state index contributed by atoms with van der Waals surface area (Å²) in [6, 6.07) is 4.95. The topological polar surface area (TPSA) is 79.8 Å². The third-order valence-corrected chi connectivity index (χ3v) is 3.24. The Balaban J connectivity index is 2.11. The SMILES string of the molecule is CCOc1ccc(OCC)c(NC(=O)C2CC(O)CN2)c1. The van der Waals surface area contributed by atoms with Crippen molar-refractivity contribution < 1.29 is 19.4 Å². The largest absolute Gasteiger partial charge is 0.494 e. The van der Waals surface area contributed by atoms with Crippen LogP contribution in [0.1, 0.15) is 20.3 Å². The number of anilines is 1. The van der Waals surface area contributed by atoms with Crippen molar-refractivity contribution in [3.8, 4) is 11.5 Å². The van der Waals surface area contributed by atoms with E-state index in [4.69, 9.17) is 9.47 Å². The Hall–Kier alpha value is -1.79. The van der Waals surface area contributed by atoms with E-state index in [-0.39, 0.29) is 11.9 Å². The number of rotatable bonds is 6. The smallest absolute Gasteiger partial charge is 0.241 e. The van der Waals surface area contributed by atoms with Crippen molar-refractivity contribution in [1.82, 2.24) is 5.32 Å². The molecule has 1 amide bonds. The first-order chi connectivity index (χ1) is 10.1. The van der Waals surface area contributed by atoms with E-state index in [0.717, 1.165) is 0 Å². The minimum Gasteiger partial charge on any atom is -0.494 e. The van der Waals surface area contributed by atoms with Gasteiger partial charge in [0.25, 0.3) is 0 Å². The highest BCUT2D eigenvalue weighted by Gasteiger charge is 2.28. The Labute approximate surface area is 124 Å². The molecule has 2 unspecified atom stereocenters. The standard InChI is InChI=1S/C15H22N2O4/c1-3-20-11-5-6-14(21-4-2)12(8-11)17-15(19)13-7-10(18)9-16-13/h5-6,8,10,13,16,18H,3-4,7,9H2,1-2H3,(H,17,19). The van der Waals surface area contributed by atoms with Crippen molar-refractivity contribution >= 4 is 11.6 Å². The van der Waals surface area contributed by atoms with Crippen molar-refractivity contribution in [2.75, 3.05) is 25.1 Å². The van der Waals surface area contributed by atoms with Crippen LogP contribution < -0.4 is 20.1 Å². The van der Waals surface area contributed by atoms with Crippen LogP contribution in [0.15, 0.2) is 18.2 Å². The molecule has 116 valence electrons. The summed E-state index contributed by atoms with van der Waals surface area (Å²) in [6.07, 6.45) is -0.0529. The summed E-state index contributed by atoms with van der Waals surface area (Å²) in [4.78, 5) is 12.2. The molecule has 1 aliphatic heterocycles. The van der Waals surface area contributed by atoms with Crippen LogP contribution in [0.3, 0.4) is 0 Å². The Morgan fingerprint density at radius 1 is 1.38 bits per heavy atom. The van der Waals surface area contributed by atoms with E-state index in [9.17, 15) is 9.90 Å². The zero-order valence-electron chi connectivity index (χ0n) is 12.4. The maximum atomic E-state index is 12.2. The highest BCUT2D eigenvalue weighted by Crippen LogP contribution is 2.29. The first-order valence-corrected chi connectivity index (χ1v) is 7.26. The van der Waals surface area contributed by atoms with Crippen LogP contribution in [0.5, 0.6) is 11.5 Å². The summed E-state index contributed by atoms with van der Waals surface area (Å²) in [7, 11) is 0. The third kappa shape index (κ3) is 4.09. The average Bonchev–Trinajstić information content (AvgIpc) is 2.89. The molecular formula is C15H22N2O4. The van der Waals surface area contributed by atoms with Crippen molar-refractivity contribution in [2.45, 2.75) is 32.4 Å². The highest BCUT2D eigenvalue weighted by atomic mass is 16.5. The molecule has 0 spiro atoms. The number of carbonyl (C=O) groups is 1. The van der Waals surface area contributed by atoms with Crippen LogP contribution >= 0.6 is 0 Å². The molecule has 0 aromatic heterocycles. The maximum Gasteiger partial charge on any atom is 0.241 e. The number of aliphatic hydroxyl groups excluding tert-OH is 1. The Kier molecular flexibility index (Phi) is 5.41. The lowest BCUT2D eigenvalue weighted by atomic mass is 10.2. The summed E-state index contributed by atoms with van der Waals surface area (Å²) in [5.41, 5.74) is 0.580. The van der Waals surface area contributed by atoms with Crippen LogP contribution in [0.4, 0.5) is 5.69 Å². The van der Waals surface area contributed by atoms with Gasteiger partial charge in [-0.05, 0) is 32.4 Å². The van der Waals surface area contributed by atoms with Gasteiger partial charge < -0.3 is 25.2 Å². The van der Waals surface area contributed by atoms with E-state index in [1.807, 2.05) is 19.9 Å². The fraction of sp³-hybridized carbons (Fsp3) is 0.533. The molecule has 1 aromatic carbocycles. The predicted octanol–water partition coefficient (Wildman–Crippen LogP) is 1.15. The zero-order valence-corrected chi connectivity index (χ0v) is 12.4. The van der Waals surface area contributed by atoms with Gasteiger partial charge in [-0.1, -0.05) is 0 Å². The molecule has 1 fully saturated rings. The van der Waals surface area contributed by atoms with Gasteiger partial charge in [-0.25, -0.2) is 0 Å². The normalized spacial score (nSPS) is 21.1.